The molecule has 1 aromatic rings. The van der Waals surface area contributed by atoms with Crippen LogP contribution in [0.4, 0.5) is 5.69 Å². The van der Waals surface area contributed by atoms with Crippen LogP contribution in [-0.4, -0.2) is 219 Å². The maximum atomic E-state index is 15.2. The van der Waals surface area contributed by atoms with Gasteiger partial charge in [-0.15, -0.1) is 0 Å². The number of hydrogen-bond acceptors (Lipinski definition) is 18. The number of aromatic nitrogens is 1. The number of nitrogens with zero attached hydrogens (tertiary/aromatic N) is 7. The van der Waals surface area contributed by atoms with Crippen LogP contribution in [0.3, 0.4) is 0 Å². The van der Waals surface area contributed by atoms with Crippen molar-refractivity contribution in [2.24, 2.45) is 23.7 Å². The summed E-state index contributed by atoms with van der Waals surface area (Å²) in [7, 11) is 5.60. The molecule has 1 aliphatic carbocycles. The van der Waals surface area contributed by atoms with E-state index < -0.39 is 203 Å². The van der Waals surface area contributed by atoms with Gasteiger partial charge in [0.15, 0.2) is 11.3 Å². The number of anilines is 1. The molecule has 5 aliphatic heterocycles. The van der Waals surface area contributed by atoms with Gasteiger partial charge in [-0.2, -0.15) is 0 Å². The Morgan fingerprint density at radius 3 is 1.40 bits per heavy atom. The Morgan fingerprint density at radius 1 is 0.587 bits per heavy atom. The first kappa shape index (κ1) is 70.7. The number of rotatable bonds is 8. The van der Waals surface area contributed by atoms with Crippen LogP contribution in [0.15, 0.2) is 21.3 Å². The average Bonchev–Trinajstić information content (AvgIpc) is 0.926. The first-order chi connectivity index (χ1) is 42.9. The van der Waals surface area contributed by atoms with Crippen molar-refractivity contribution in [3.63, 3.8) is 0 Å². The predicted octanol–water partition coefficient (Wildman–Crippen LogP) is 1.50. The molecule has 1 aromatic carbocycles. The normalized spacial score (nSPS) is 27.5. The van der Waals surface area contributed by atoms with Crippen LogP contribution in [0.25, 0.3) is 22.6 Å². The second-order valence-electron chi connectivity index (χ2n) is 26.5. The van der Waals surface area contributed by atoms with Crippen LogP contribution in [-0.2, 0) is 57.4 Å². The SMILES string of the molecule is Cc1c2oc3c(C)ccc(C(=O)N[C@@H]4C(=O)N[C@H](C(C)C)C(=O)N5[C@@H](C)CC[C@H]5C(=O)N(C)CC(=O)N(C)[C@@H](C(C)C)C(=O)O[C@@H]4C)c3nc-2c(C(=O)N[C@@H]2C(=O)N[C@H](C(C)C)C(=O)N3[C@@H](C)CC[C@H]3C(=O)N(C)CC(=O)N(C)[C@@H](C(C)C)C(=O)O[C@@H]2C)c(N)c1=O. The lowest BCUT2D eigenvalue weighted by molar-refractivity contribution is -0.163. The van der Waals surface area contributed by atoms with Gasteiger partial charge < -0.3 is 70.3 Å². The number of fused-ring (bicyclic) bond motifs is 4. The largest absolute Gasteiger partial charge is 0.458 e. The van der Waals surface area contributed by atoms with Crippen molar-refractivity contribution in [3.05, 3.63) is 44.6 Å². The van der Waals surface area contributed by atoms with Crippen molar-refractivity contribution in [2.45, 2.75) is 195 Å². The molecule has 7 rings (SSSR count). The number of esters is 2. The molecule has 6 aliphatic rings. The molecule has 4 fully saturated rings. The van der Waals surface area contributed by atoms with Crippen molar-refractivity contribution >= 4 is 87.8 Å². The smallest absolute Gasteiger partial charge is 0.329 e. The molecule has 0 aromatic heterocycles. The number of nitrogen functional groups attached to an aromatic ring is 1. The van der Waals surface area contributed by atoms with E-state index in [1.165, 1.54) is 80.7 Å². The van der Waals surface area contributed by atoms with Crippen LogP contribution in [0.1, 0.15) is 141 Å². The molecule has 0 radical (unpaired) electrons. The van der Waals surface area contributed by atoms with Crippen LogP contribution >= 0.6 is 0 Å². The van der Waals surface area contributed by atoms with Gasteiger partial charge in [-0.3, -0.25) is 52.7 Å². The molecule has 0 spiro atoms. The van der Waals surface area contributed by atoms with Gasteiger partial charge in [0.25, 0.3) is 11.8 Å². The van der Waals surface area contributed by atoms with E-state index in [-0.39, 0.29) is 40.8 Å². The third-order valence-corrected chi connectivity index (χ3v) is 18.3. The molecule has 92 heavy (non-hydrogen) atoms. The maximum Gasteiger partial charge on any atom is 0.329 e. The molecule has 4 saturated heterocycles. The van der Waals surface area contributed by atoms with Gasteiger partial charge in [-0.25, -0.2) is 14.6 Å². The fourth-order valence-corrected chi connectivity index (χ4v) is 12.9. The van der Waals surface area contributed by atoms with Crippen molar-refractivity contribution in [3.8, 4) is 11.5 Å². The zero-order chi connectivity index (χ0) is 68.7. The van der Waals surface area contributed by atoms with Gasteiger partial charge in [-0.05, 0) is 103 Å². The Bertz CT molecular complexity index is 3490. The van der Waals surface area contributed by atoms with Gasteiger partial charge in [0, 0.05) is 45.8 Å². The molecule has 6 N–H and O–H groups in total. The number of nitrogens with two attached hydrogens (primary N) is 1. The molecule has 28 nitrogen and oxygen atoms in total. The van der Waals surface area contributed by atoms with E-state index in [0.717, 1.165) is 9.80 Å². The number of hydrogen-bond donors (Lipinski definition) is 5. The minimum atomic E-state index is -1.89. The van der Waals surface area contributed by atoms with E-state index in [1.54, 1.807) is 76.2 Å². The molecule has 10 amide bonds. The van der Waals surface area contributed by atoms with Crippen LogP contribution in [0, 0.1) is 37.5 Å². The number of cyclic esters (lactones) is 2. The number of amides is 10. The monoisotopic (exact) mass is 1280 g/mol. The Morgan fingerprint density at radius 2 is 1.00 bits per heavy atom. The van der Waals surface area contributed by atoms with Crippen LogP contribution in [0.2, 0.25) is 0 Å². The van der Waals surface area contributed by atoms with E-state index in [9.17, 15) is 52.7 Å². The minimum absolute atomic E-state index is 0.0777. The number of carbonyl (C=O) groups excluding carboxylic acids is 12. The van der Waals surface area contributed by atoms with Gasteiger partial charge >= 0.3 is 11.9 Å². The molecule has 0 unspecified atom stereocenters. The Hall–Kier alpha value is -8.72. The van der Waals surface area contributed by atoms with Crippen molar-refractivity contribution in [1.82, 2.24) is 55.7 Å². The number of carbonyl (C=O) groups is 12. The molecule has 5 heterocycles. The second-order valence-corrected chi connectivity index (χ2v) is 26.5. The average molecular weight is 1280 g/mol. The molecule has 0 bridgehead atoms. The molecule has 502 valence electrons. The van der Waals surface area contributed by atoms with Gasteiger partial charge in [-0.1, -0.05) is 61.5 Å². The van der Waals surface area contributed by atoms with Crippen molar-refractivity contribution < 1.29 is 71.4 Å². The summed E-state index contributed by atoms with van der Waals surface area (Å²) in [5, 5.41) is 10.7. The van der Waals surface area contributed by atoms with E-state index in [4.69, 9.17) is 24.6 Å². The quantitative estimate of drug-likeness (QED) is 0.121. The summed E-state index contributed by atoms with van der Waals surface area (Å²) in [6.45, 7) is 21.6. The summed E-state index contributed by atoms with van der Waals surface area (Å²) in [5.41, 5.74) is 3.58. The predicted molar refractivity (Wildman–Crippen MR) is 335 cm³/mol. The van der Waals surface area contributed by atoms with Gasteiger partial charge in [0.2, 0.25) is 52.7 Å². The Kier molecular flexibility index (Phi) is 21.5. The van der Waals surface area contributed by atoms with E-state index in [0.29, 0.717) is 18.4 Å². The summed E-state index contributed by atoms with van der Waals surface area (Å²) in [6.07, 6.45) is -1.72. The second kappa shape index (κ2) is 28.0. The van der Waals surface area contributed by atoms with Gasteiger partial charge in [0.1, 0.15) is 71.8 Å². The van der Waals surface area contributed by atoms with E-state index >= 15 is 9.59 Å². The fraction of sp³-hybridized carbons (Fsp3) is 0.625. The minimum Gasteiger partial charge on any atom is -0.458 e. The van der Waals surface area contributed by atoms with Crippen LogP contribution in [0.5, 0.6) is 0 Å². The summed E-state index contributed by atoms with van der Waals surface area (Å²) >= 11 is 0. The molecular weight excluding hydrogens is 1190 g/mol. The highest BCUT2D eigenvalue weighted by molar-refractivity contribution is 6.10. The lowest BCUT2D eigenvalue weighted by atomic mass is 9.98. The Labute approximate surface area is 535 Å². The zero-order valence-electron chi connectivity index (χ0n) is 55.9. The van der Waals surface area contributed by atoms with Gasteiger partial charge in [0.05, 0.1) is 29.9 Å². The maximum absolute atomic E-state index is 15.2. The number of benzene rings is 2. The number of nitrogens with one attached hydrogen (secondary N) is 4. The first-order valence-corrected chi connectivity index (χ1v) is 31.4. The van der Waals surface area contributed by atoms with Crippen molar-refractivity contribution in [2.75, 3.05) is 47.0 Å². The van der Waals surface area contributed by atoms with E-state index in [1.807, 2.05) is 0 Å². The lowest BCUT2D eigenvalue weighted by Gasteiger charge is -2.37. The summed E-state index contributed by atoms with van der Waals surface area (Å²) in [6, 6.07) is -8.93. The third-order valence-electron chi connectivity index (χ3n) is 18.3. The molecule has 12 atom stereocenters. The summed E-state index contributed by atoms with van der Waals surface area (Å²) in [4.78, 5) is 201. The van der Waals surface area contributed by atoms with Crippen molar-refractivity contribution in [1.29, 1.82) is 0 Å². The standard InChI is InChI=1S/C64H90N12O16/c1-27(2)44-61(86)75-32(10)20-23-38(75)59(84)71(15)25-40(77)73(17)50(29(5)6)63(88)90-35(13)46(57(82)67-44)69-55(80)37-22-19-31(9)53-48(37)66-49-42(43(65)52(79)34(12)54(49)92-53)56(81)70-47-36(14)91-64(89)51(30(7)8)74(18)41(78)26-72(16)60(85)39-24-21-33(11)76(39)62(87)45(28(3)4)68-58(47)83/h19,22,27-30,32-33,35-36,38-39,44-47,50-51H,20-21,23-26,65H2,1-18H3,(H,67,82)(H,68,83)(H,69,80)(H,70,81)/t32-,33-,35+,36+,38-,39-,44+,45+,46-,47-,50-,51-/m0/s1. The number of aryl methyl sites for hydroxylation is 1. The zero-order valence-corrected chi connectivity index (χ0v) is 55.9. The summed E-state index contributed by atoms with van der Waals surface area (Å²) in [5.74, 6) is -12.4. The highest BCUT2D eigenvalue weighted by Crippen LogP contribution is 2.36. The van der Waals surface area contributed by atoms with Crippen LogP contribution < -0.4 is 32.4 Å². The first-order valence-electron chi connectivity index (χ1n) is 31.4. The molecule has 0 saturated carbocycles. The Balaban J connectivity index is 1.33. The lowest BCUT2D eigenvalue weighted by Crippen LogP contribution is -2.62. The molecular formula is C64H90N12O16. The highest BCUT2D eigenvalue weighted by atomic mass is 16.6. The number of ether oxygens (including phenoxy) is 2. The summed E-state index contributed by atoms with van der Waals surface area (Å²) < 4.78 is 18.4. The topological polar surface area (TPSA) is 360 Å². The number of likely N-dealkylation sites (N-methyl/N-ethyl adjacent to an activating group) is 4. The third kappa shape index (κ3) is 13.9. The highest BCUT2D eigenvalue weighted by Gasteiger charge is 2.48. The molecule has 28 heteroatoms. The van der Waals surface area contributed by atoms with E-state index in [2.05, 4.69) is 21.3 Å². The fourth-order valence-electron chi connectivity index (χ4n) is 12.9.